The maximum absolute atomic E-state index is 6.04. The van der Waals surface area contributed by atoms with E-state index in [9.17, 15) is 0 Å². The summed E-state index contributed by atoms with van der Waals surface area (Å²) in [6.45, 7) is 0.641. The van der Waals surface area contributed by atoms with Crippen molar-refractivity contribution >= 4 is 0 Å². The number of nitrogens with two attached hydrogens (primary N) is 1. The van der Waals surface area contributed by atoms with Gasteiger partial charge in [-0.15, -0.1) is 0 Å². The second-order valence-corrected chi connectivity index (χ2v) is 4.65. The van der Waals surface area contributed by atoms with Crippen LogP contribution in [0.4, 0.5) is 0 Å². The highest BCUT2D eigenvalue weighted by atomic mass is 16.5. The molecule has 0 heterocycles. The van der Waals surface area contributed by atoms with E-state index >= 15 is 0 Å². The summed E-state index contributed by atoms with van der Waals surface area (Å²) in [6, 6.07) is 8.20. The van der Waals surface area contributed by atoms with Crippen molar-refractivity contribution < 1.29 is 9.47 Å². The summed E-state index contributed by atoms with van der Waals surface area (Å²) in [6.07, 6.45) is 4.89. The van der Waals surface area contributed by atoms with Gasteiger partial charge < -0.3 is 15.2 Å². The Morgan fingerprint density at radius 2 is 1.88 bits per heavy atom. The zero-order chi connectivity index (χ0) is 12.1. The first kappa shape index (κ1) is 12.4. The van der Waals surface area contributed by atoms with Crippen molar-refractivity contribution in [2.45, 2.75) is 44.4 Å². The average Bonchev–Trinajstić information content (AvgIpc) is 2.38. The molecule has 1 aliphatic carbocycles. The fourth-order valence-electron chi connectivity index (χ4n) is 2.26. The molecule has 3 nitrogen and oxygen atoms in total. The molecule has 1 aromatic rings. The van der Waals surface area contributed by atoms with E-state index in [-0.39, 0.29) is 12.1 Å². The van der Waals surface area contributed by atoms with Gasteiger partial charge in [0.05, 0.1) is 19.8 Å². The van der Waals surface area contributed by atoms with Crippen molar-refractivity contribution in [1.29, 1.82) is 0 Å². The van der Waals surface area contributed by atoms with Gasteiger partial charge in [-0.1, -0.05) is 25.0 Å². The fraction of sp³-hybridized carbons (Fsp3) is 0.571. The second-order valence-electron chi connectivity index (χ2n) is 4.65. The van der Waals surface area contributed by atoms with Crippen LogP contribution >= 0.6 is 0 Å². The number of hydrogen-bond acceptors (Lipinski definition) is 3. The molecule has 2 N–H and O–H groups in total. The summed E-state index contributed by atoms with van der Waals surface area (Å²) in [5.41, 5.74) is 7.21. The summed E-state index contributed by atoms with van der Waals surface area (Å²) in [7, 11) is 1.67. The smallest absolute Gasteiger partial charge is 0.118 e. The van der Waals surface area contributed by atoms with Crippen LogP contribution in [-0.4, -0.2) is 19.3 Å². The Kier molecular flexibility index (Phi) is 4.40. The van der Waals surface area contributed by atoms with Gasteiger partial charge in [0.1, 0.15) is 5.75 Å². The van der Waals surface area contributed by atoms with E-state index in [1.54, 1.807) is 7.11 Å². The van der Waals surface area contributed by atoms with Crippen LogP contribution in [0, 0.1) is 0 Å². The van der Waals surface area contributed by atoms with Crippen molar-refractivity contribution in [2.24, 2.45) is 5.73 Å². The Labute approximate surface area is 103 Å². The van der Waals surface area contributed by atoms with Crippen molar-refractivity contribution in [3.63, 3.8) is 0 Å². The zero-order valence-electron chi connectivity index (χ0n) is 10.4. The van der Waals surface area contributed by atoms with Crippen molar-refractivity contribution in [3.8, 4) is 5.75 Å². The van der Waals surface area contributed by atoms with E-state index in [2.05, 4.69) is 0 Å². The standard InChI is InChI=1S/C14H21NO2/c1-16-12-8-6-11(7-9-12)10-17-14-5-3-2-4-13(14)15/h6-9,13-14H,2-5,10,15H2,1H3. The average molecular weight is 235 g/mol. The monoisotopic (exact) mass is 235 g/mol. The largest absolute Gasteiger partial charge is 0.497 e. The molecular weight excluding hydrogens is 214 g/mol. The van der Waals surface area contributed by atoms with Gasteiger partial charge in [0.15, 0.2) is 0 Å². The molecule has 0 radical (unpaired) electrons. The molecule has 0 spiro atoms. The molecule has 2 unspecified atom stereocenters. The van der Waals surface area contributed by atoms with Crippen LogP contribution in [-0.2, 0) is 11.3 Å². The molecule has 0 saturated heterocycles. The zero-order valence-corrected chi connectivity index (χ0v) is 10.4. The van der Waals surface area contributed by atoms with Crippen LogP contribution in [0.1, 0.15) is 31.2 Å². The topological polar surface area (TPSA) is 44.5 Å². The maximum atomic E-state index is 6.04. The normalized spacial score (nSPS) is 24.6. The summed E-state index contributed by atoms with van der Waals surface area (Å²) < 4.78 is 11.0. The van der Waals surface area contributed by atoms with Crippen LogP contribution in [0.25, 0.3) is 0 Å². The van der Waals surface area contributed by atoms with Crippen LogP contribution in [0.15, 0.2) is 24.3 Å². The first-order valence-electron chi connectivity index (χ1n) is 6.29. The lowest BCUT2D eigenvalue weighted by molar-refractivity contribution is 0.00403. The summed E-state index contributed by atoms with van der Waals surface area (Å²) in [4.78, 5) is 0. The van der Waals surface area contributed by atoms with E-state index in [0.717, 1.165) is 18.6 Å². The Morgan fingerprint density at radius 3 is 2.53 bits per heavy atom. The van der Waals surface area contributed by atoms with Gasteiger partial charge >= 0.3 is 0 Å². The highest BCUT2D eigenvalue weighted by Gasteiger charge is 2.22. The van der Waals surface area contributed by atoms with E-state index < -0.39 is 0 Å². The van der Waals surface area contributed by atoms with Crippen LogP contribution < -0.4 is 10.5 Å². The molecule has 94 valence electrons. The Morgan fingerprint density at radius 1 is 1.18 bits per heavy atom. The second kappa shape index (κ2) is 6.03. The first-order valence-corrected chi connectivity index (χ1v) is 6.29. The van der Waals surface area contributed by atoms with Crippen molar-refractivity contribution in [1.82, 2.24) is 0 Å². The summed E-state index contributed by atoms with van der Waals surface area (Å²) in [5, 5.41) is 0. The van der Waals surface area contributed by atoms with Gasteiger partial charge in [0.2, 0.25) is 0 Å². The van der Waals surface area contributed by atoms with Gasteiger partial charge in [0, 0.05) is 6.04 Å². The minimum Gasteiger partial charge on any atom is -0.497 e. The number of rotatable bonds is 4. The van der Waals surface area contributed by atoms with Gasteiger partial charge in [-0.3, -0.25) is 0 Å². The molecule has 1 fully saturated rings. The minimum absolute atomic E-state index is 0.210. The number of benzene rings is 1. The lowest BCUT2D eigenvalue weighted by Gasteiger charge is -2.28. The van der Waals surface area contributed by atoms with Crippen LogP contribution in [0.5, 0.6) is 5.75 Å². The van der Waals surface area contributed by atoms with Gasteiger partial charge in [-0.05, 0) is 30.5 Å². The highest BCUT2D eigenvalue weighted by molar-refractivity contribution is 5.26. The summed E-state index contributed by atoms with van der Waals surface area (Å²) in [5.74, 6) is 0.878. The maximum Gasteiger partial charge on any atom is 0.118 e. The van der Waals surface area contributed by atoms with Crippen molar-refractivity contribution in [3.05, 3.63) is 29.8 Å². The molecule has 1 aromatic carbocycles. The van der Waals surface area contributed by atoms with E-state index in [1.807, 2.05) is 24.3 Å². The van der Waals surface area contributed by atoms with Crippen molar-refractivity contribution in [2.75, 3.05) is 7.11 Å². The molecule has 1 aliphatic rings. The third-order valence-corrected chi connectivity index (χ3v) is 3.38. The Balaban J connectivity index is 1.84. The predicted octanol–water partition coefficient (Wildman–Crippen LogP) is 2.48. The quantitative estimate of drug-likeness (QED) is 0.872. The number of methoxy groups -OCH3 is 1. The fourth-order valence-corrected chi connectivity index (χ4v) is 2.26. The molecule has 17 heavy (non-hydrogen) atoms. The molecule has 3 heteroatoms. The van der Waals surface area contributed by atoms with Gasteiger partial charge in [0.25, 0.3) is 0 Å². The predicted molar refractivity (Wildman–Crippen MR) is 68.0 cm³/mol. The molecular formula is C14H21NO2. The third kappa shape index (κ3) is 3.45. The number of hydrogen-bond donors (Lipinski definition) is 1. The lowest BCUT2D eigenvalue weighted by atomic mass is 9.93. The molecule has 1 saturated carbocycles. The molecule has 0 bridgehead atoms. The van der Waals surface area contributed by atoms with E-state index in [0.29, 0.717) is 6.61 Å². The SMILES string of the molecule is COc1ccc(COC2CCCCC2N)cc1. The Bertz CT molecular complexity index is 337. The molecule has 2 rings (SSSR count). The molecule has 0 aliphatic heterocycles. The molecule has 0 amide bonds. The Hall–Kier alpha value is -1.06. The molecule has 2 atom stereocenters. The summed E-state index contributed by atoms with van der Waals surface area (Å²) >= 11 is 0. The first-order chi connectivity index (χ1) is 8.29. The molecule has 0 aromatic heterocycles. The minimum atomic E-state index is 0.210. The van der Waals surface area contributed by atoms with Crippen LogP contribution in [0.2, 0.25) is 0 Å². The van der Waals surface area contributed by atoms with Gasteiger partial charge in [-0.2, -0.15) is 0 Å². The van der Waals surface area contributed by atoms with Gasteiger partial charge in [-0.25, -0.2) is 0 Å². The van der Waals surface area contributed by atoms with E-state index in [1.165, 1.54) is 18.4 Å². The third-order valence-electron chi connectivity index (χ3n) is 3.38. The van der Waals surface area contributed by atoms with E-state index in [4.69, 9.17) is 15.2 Å². The van der Waals surface area contributed by atoms with Crippen LogP contribution in [0.3, 0.4) is 0 Å². The number of ether oxygens (including phenoxy) is 2. The lowest BCUT2D eigenvalue weighted by Crippen LogP contribution is -2.39. The highest BCUT2D eigenvalue weighted by Crippen LogP contribution is 2.21.